The van der Waals surface area contributed by atoms with E-state index in [0.717, 1.165) is 35.5 Å². The molecule has 120 valence electrons. The van der Waals surface area contributed by atoms with E-state index < -0.39 is 0 Å². The maximum Gasteiger partial charge on any atom is 0.258 e. The lowest BCUT2D eigenvalue weighted by Crippen LogP contribution is -2.28. The predicted octanol–water partition coefficient (Wildman–Crippen LogP) is 2.60. The van der Waals surface area contributed by atoms with Crippen molar-refractivity contribution in [3.63, 3.8) is 0 Å². The molecule has 0 spiro atoms. The first-order valence-electron chi connectivity index (χ1n) is 7.90. The zero-order chi connectivity index (χ0) is 16.2. The molecule has 0 aliphatic carbocycles. The van der Waals surface area contributed by atoms with Crippen molar-refractivity contribution in [3.8, 4) is 5.75 Å². The average molecular weight is 310 g/mol. The number of hydrogen-bond donors (Lipinski definition) is 2. The Morgan fingerprint density at radius 3 is 2.83 bits per heavy atom. The van der Waals surface area contributed by atoms with Crippen LogP contribution in [0.1, 0.15) is 27.8 Å². The van der Waals surface area contributed by atoms with Gasteiger partial charge in [-0.05, 0) is 47.7 Å². The number of rotatable bonds is 5. The fourth-order valence-corrected chi connectivity index (χ4v) is 2.72. The van der Waals surface area contributed by atoms with Crippen LogP contribution < -0.4 is 15.4 Å². The largest absolute Gasteiger partial charge is 0.483 e. The number of carbonyl (C=O) groups is 1. The van der Waals surface area contributed by atoms with Gasteiger partial charge in [0.1, 0.15) is 5.75 Å². The van der Waals surface area contributed by atoms with Crippen molar-refractivity contribution < 1.29 is 9.53 Å². The summed E-state index contributed by atoms with van der Waals surface area (Å²) in [4.78, 5) is 12.0. The third kappa shape index (κ3) is 3.90. The van der Waals surface area contributed by atoms with Crippen LogP contribution >= 0.6 is 0 Å². The summed E-state index contributed by atoms with van der Waals surface area (Å²) in [6.07, 6.45) is 0. The van der Waals surface area contributed by atoms with Crippen molar-refractivity contribution in [2.24, 2.45) is 0 Å². The van der Waals surface area contributed by atoms with E-state index in [1.807, 2.05) is 32.0 Å². The number of hydrogen-bond acceptors (Lipinski definition) is 3. The molecule has 0 unspecified atom stereocenters. The normalized spacial score (nSPS) is 12.8. The molecule has 2 aromatic carbocycles. The molecule has 1 heterocycles. The minimum atomic E-state index is -0.107. The molecule has 2 N–H and O–H groups in total. The summed E-state index contributed by atoms with van der Waals surface area (Å²) in [6.45, 7) is 6.40. The maximum atomic E-state index is 12.0. The molecule has 0 fully saturated rings. The number of fused-ring (bicyclic) bond motifs is 1. The Kier molecular flexibility index (Phi) is 4.63. The molecule has 0 atom stereocenters. The van der Waals surface area contributed by atoms with Gasteiger partial charge in [0.15, 0.2) is 6.61 Å². The van der Waals surface area contributed by atoms with Gasteiger partial charge < -0.3 is 15.4 Å². The molecular formula is C19H22N2O2. The van der Waals surface area contributed by atoms with Crippen molar-refractivity contribution in [1.82, 2.24) is 10.6 Å². The third-order valence-corrected chi connectivity index (χ3v) is 4.09. The van der Waals surface area contributed by atoms with Crippen molar-refractivity contribution in [2.75, 3.05) is 6.61 Å². The highest BCUT2D eigenvalue weighted by molar-refractivity contribution is 5.77. The first-order chi connectivity index (χ1) is 11.1. The number of carbonyl (C=O) groups excluding carboxylic acids is 1. The lowest BCUT2D eigenvalue weighted by atomic mass is 10.1. The van der Waals surface area contributed by atoms with E-state index in [0.29, 0.717) is 6.54 Å². The number of benzene rings is 2. The van der Waals surface area contributed by atoms with Crippen LogP contribution in [0, 0.1) is 13.8 Å². The van der Waals surface area contributed by atoms with Crippen LogP contribution in [0.4, 0.5) is 0 Å². The Hall–Kier alpha value is -2.33. The van der Waals surface area contributed by atoms with Crippen molar-refractivity contribution in [2.45, 2.75) is 33.5 Å². The molecule has 1 aliphatic heterocycles. The fraction of sp³-hybridized carbons (Fsp3) is 0.316. The zero-order valence-corrected chi connectivity index (χ0v) is 13.6. The molecule has 0 aromatic heterocycles. The second-order valence-electron chi connectivity index (χ2n) is 6.04. The van der Waals surface area contributed by atoms with Gasteiger partial charge in [0.05, 0.1) is 0 Å². The number of nitrogens with one attached hydrogen (secondary N) is 2. The summed E-state index contributed by atoms with van der Waals surface area (Å²) in [7, 11) is 0. The van der Waals surface area contributed by atoms with E-state index in [1.165, 1.54) is 11.1 Å². The summed E-state index contributed by atoms with van der Waals surface area (Å²) in [6, 6.07) is 12.3. The molecule has 3 rings (SSSR count). The van der Waals surface area contributed by atoms with Gasteiger partial charge in [0, 0.05) is 19.6 Å². The van der Waals surface area contributed by atoms with Crippen LogP contribution in [0.25, 0.3) is 0 Å². The predicted molar refractivity (Wildman–Crippen MR) is 90.2 cm³/mol. The summed E-state index contributed by atoms with van der Waals surface area (Å²) >= 11 is 0. The van der Waals surface area contributed by atoms with E-state index in [4.69, 9.17) is 4.74 Å². The molecule has 1 amide bonds. The SMILES string of the molecule is Cc1ccc(C)c(OCC(=O)NCc2ccc3c(c2)CNC3)c1. The lowest BCUT2D eigenvalue weighted by Gasteiger charge is -2.11. The van der Waals surface area contributed by atoms with Gasteiger partial charge in [-0.15, -0.1) is 0 Å². The Morgan fingerprint density at radius 1 is 1.13 bits per heavy atom. The second kappa shape index (κ2) is 6.84. The van der Waals surface area contributed by atoms with Crippen molar-refractivity contribution in [3.05, 3.63) is 64.2 Å². The molecule has 0 saturated heterocycles. The quantitative estimate of drug-likeness (QED) is 0.892. The van der Waals surface area contributed by atoms with Crippen molar-refractivity contribution in [1.29, 1.82) is 0 Å². The molecule has 23 heavy (non-hydrogen) atoms. The highest BCUT2D eigenvalue weighted by Gasteiger charge is 2.10. The topological polar surface area (TPSA) is 50.4 Å². The summed E-state index contributed by atoms with van der Waals surface area (Å²) in [5.74, 6) is 0.660. The number of ether oxygens (including phenoxy) is 1. The van der Waals surface area contributed by atoms with Gasteiger partial charge in [0.2, 0.25) is 0 Å². The Balaban J connectivity index is 1.51. The standard InChI is InChI=1S/C19H22N2O2/c1-13-3-4-14(2)18(7-13)23-12-19(22)21-9-15-5-6-16-10-20-11-17(16)8-15/h3-8,20H,9-12H2,1-2H3,(H,21,22). The molecule has 2 aromatic rings. The van der Waals surface area contributed by atoms with E-state index >= 15 is 0 Å². The monoisotopic (exact) mass is 310 g/mol. The van der Waals surface area contributed by atoms with Gasteiger partial charge >= 0.3 is 0 Å². The van der Waals surface area contributed by atoms with Gasteiger partial charge in [-0.3, -0.25) is 4.79 Å². The summed E-state index contributed by atoms with van der Waals surface area (Å²) in [5, 5.41) is 6.23. The van der Waals surface area contributed by atoms with Crippen LogP contribution in [0.15, 0.2) is 36.4 Å². The molecule has 0 saturated carbocycles. The maximum absolute atomic E-state index is 12.0. The molecule has 0 bridgehead atoms. The smallest absolute Gasteiger partial charge is 0.258 e. The molecule has 4 nitrogen and oxygen atoms in total. The van der Waals surface area contributed by atoms with Gasteiger partial charge in [0.25, 0.3) is 5.91 Å². The number of amides is 1. The Morgan fingerprint density at radius 2 is 1.96 bits per heavy atom. The summed E-state index contributed by atoms with van der Waals surface area (Å²) in [5.41, 5.74) is 5.95. The second-order valence-corrected chi connectivity index (χ2v) is 6.04. The minimum Gasteiger partial charge on any atom is -0.483 e. The fourth-order valence-electron chi connectivity index (χ4n) is 2.72. The molecule has 4 heteroatoms. The van der Waals surface area contributed by atoms with Gasteiger partial charge in [-0.1, -0.05) is 30.3 Å². The van der Waals surface area contributed by atoms with Gasteiger partial charge in [-0.25, -0.2) is 0 Å². The lowest BCUT2D eigenvalue weighted by molar-refractivity contribution is -0.123. The van der Waals surface area contributed by atoms with Gasteiger partial charge in [-0.2, -0.15) is 0 Å². The van der Waals surface area contributed by atoms with Crippen LogP contribution in [0.3, 0.4) is 0 Å². The Labute approximate surface area is 136 Å². The molecule has 0 radical (unpaired) electrons. The van der Waals surface area contributed by atoms with E-state index in [1.54, 1.807) is 0 Å². The number of aryl methyl sites for hydroxylation is 2. The van der Waals surface area contributed by atoms with E-state index in [-0.39, 0.29) is 12.5 Å². The zero-order valence-electron chi connectivity index (χ0n) is 13.6. The van der Waals surface area contributed by atoms with Crippen LogP contribution in [-0.4, -0.2) is 12.5 Å². The highest BCUT2D eigenvalue weighted by Crippen LogP contribution is 2.19. The summed E-state index contributed by atoms with van der Waals surface area (Å²) < 4.78 is 5.62. The van der Waals surface area contributed by atoms with E-state index in [2.05, 4.69) is 28.8 Å². The average Bonchev–Trinajstić information content (AvgIpc) is 3.01. The highest BCUT2D eigenvalue weighted by atomic mass is 16.5. The van der Waals surface area contributed by atoms with Crippen LogP contribution in [0.5, 0.6) is 5.75 Å². The van der Waals surface area contributed by atoms with Crippen LogP contribution in [0.2, 0.25) is 0 Å². The molecular weight excluding hydrogens is 288 g/mol. The Bertz CT molecular complexity index is 725. The third-order valence-electron chi connectivity index (χ3n) is 4.09. The molecule has 1 aliphatic rings. The van der Waals surface area contributed by atoms with Crippen molar-refractivity contribution >= 4 is 5.91 Å². The minimum absolute atomic E-state index is 0.0385. The first kappa shape index (κ1) is 15.6. The van der Waals surface area contributed by atoms with Crippen LogP contribution in [-0.2, 0) is 24.4 Å². The first-order valence-corrected chi connectivity index (χ1v) is 7.90. The van der Waals surface area contributed by atoms with E-state index in [9.17, 15) is 4.79 Å².